The number of benzene rings is 5. The normalized spacial score (nSPS) is 13.0. The van der Waals surface area contributed by atoms with E-state index in [0.29, 0.717) is 17.8 Å². The molecule has 5 rings (SSSR count). The van der Waals surface area contributed by atoms with E-state index < -0.39 is 36.0 Å². The monoisotopic (exact) mass is 600 g/mol. The average Bonchev–Trinajstić information content (AvgIpc) is 3.07. The molecule has 0 aliphatic heterocycles. The number of nitrogens with zero attached hydrogens (tertiary/aromatic N) is 2. The van der Waals surface area contributed by atoms with E-state index in [2.05, 4.69) is 0 Å². The van der Waals surface area contributed by atoms with Crippen LogP contribution in [0.25, 0.3) is 21.9 Å². The van der Waals surface area contributed by atoms with Gasteiger partial charge in [-0.2, -0.15) is 0 Å². The van der Waals surface area contributed by atoms with Crippen molar-refractivity contribution in [3.63, 3.8) is 0 Å². The van der Waals surface area contributed by atoms with E-state index in [1.54, 1.807) is 24.0 Å². The molecule has 1 amide bonds. The smallest absolute Gasteiger partial charge is 0.326 e. The molecule has 2 N–H and O–H groups in total. The van der Waals surface area contributed by atoms with Gasteiger partial charge < -0.3 is 15.1 Å². The number of hydrogen-bond acceptors (Lipinski definition) is 4. The van der Waals surface area contributed by atoms with Crippen LogP contribution in [0.15, 0.2) is 127 Å². The zero-order chi connectivity index (χ0) is 31.9. The first-order chi connectivity index (χ1) is 21.8. The number of carboxylic acid groups (broad SMARTS) is 2. The third-order valence-electron chi connectivity index (χ3n) is 8.22. The van der Waals surface area contributed by atoms with E-state index in [9.17, 15) is 24.6 Å². The molecule has 45 heavy (non-hydrogen) atoms. The Kier molecular flexibility index (Phi) is 9.58. The molecular weight excluding hydrogens is 564 g/mol. The molecule has 5 aromatic rings. The molecule has 0 bridgehead atoms. The Morgan fingerprint density at radius 3 is 1.84 bits per heavy atom. The summed E-state index contributed by atoms with van der Waals surface area (Å²) in [6.45, 7) is 3.12. The fraction of sp³-hybridized carbons (Fsp3) is 0.184. The van der Waals surface area contributed by atoms with Gasteiger partial charge in [-0.3, -0.25) is 9.69 Å². The van der Waals surface area contributed by atoms with Crippen molar-refractivity contribution in [2.24, 2.45) is 0 Å². The lowest BCUT2D eigenvalue weighted by Crippen LogP contribution is -2.56. The Morgan fingerprint density at radius 2 is 1.20 bits per heavy atom. The van der Waals surface area contributed by atoms with E-state index in [4.69, 9.17) is 0 Å². The molecule has 3 atom stereocenters. The minimum Gasteiger partial charge on any atom is -0.480 e. The Hall–Kier alpha value is -5.43. The van der Waals surface area contributed by atoms with E-state index in [1.807, 2.05) is 115 Å². The summed E-state index contributed by atoms with van der Waals surface area (Å²) in [5.41, 5.74) is 3.91. The maximum absolute atomic E-state index is 14.5. The number of carbonyl (C=O) groups is 3. The molecule has 0 aliphatic rings. The Bertz CT molecular complexity index is 1770. The third-order valence-corrected chi connectivity index (χ3v) is 8.22. The lowest BCUT2D eigenvalue weighted by Gasteiger charge is -2.39. The zero-order valence-electron chi connectivity index (χ0n) is 25.3. The van der Waals surface area contributed by atoms with Gasteiger partial charge in [0.1, 0.15) is 18.1 Å². The van der Waals surface area contributed by atoms with Gasteiger partial charge in [-0.25, -0.2) is 9.59 Å². The number of amides is 1. The number of carbonyl (C=O) groups excluding carboxylic acids is 1. The first kappa shape index (κ1) is 31.0. The highest BCUT2D eigenvalue weighted by atomic mass is 16.4. The maximum Gasteiger partial charge on any atom is 0.326 e. The van der Waals surface area contributed by atoms with Crippen molar-refractivity contribution in [3.05, 3.63) is 133 Å². The summed E-state index contributed by atoms with van der Waals surface area (Å²) < 4.78 is 0. The summed E-state index contributed by atoms with van der Waals surface area (Å²) in [4.78, 5) is 42.8. The summed E-state index contributed by atoms with van der Waals surface area (Å²) in [6.07, 6.45) is 0.719. The number of hydrogen-bond donors (Lipinski definition) is 2. The lowest BCUT2D eigenvalue weighted by molar-refractivity contribution is -0.141. The molecule has 0 unspecified atom stereocenters. The molecule has 0 radical (unpaired) electrons. The topological polar surface area (TPSA) is 98.2 Å². The largest absolute Gasteiger partial charge is 0.480 e. The van der Waals surface area contributed by atoms with E-state index in [-0.39, 0.29) is 6.42 Å². The van der Waals surface area contributed by atoms with Gasteiger partial charge >= 0.3 is 11.9 Å². The van der Waals surface area contributed by atoms with E-state index in [0.717, 1.165) is 27.5 Å². The summed E-state index contributed by atoms with van der Waals surface area (Å²) in [5.74, 6) is -2.75. The van der Waals surface area contributed by atoms with Crippen molar-refractivity contribution in [1.29, 1.82) is 0 Å². The van der Waals surface area contributed by atoms with Crippen LogP contribution < -0.4 is 9.80 Å². The molecule has 228 valence electrons. The first-order valence-electron chi connectivity index (χ1n) is 15.0. The van der Waals surface area contributed by atoms with Crippen molar-refractivity contribution in [3.8, 4) is 11.1 Å². The average molecular weight is 601 g/mol. The second-order valence-electron chi connectivity index (χ2n) is 11.1. The van der Waals surface area contributed by atoms with Gasteiger partial charge in [0.15, 0.2) is 0 Å². The van der Waals surface area contributed by atoms with Gasteiger partial charge in [0.05, 0.1) is 0 Å². The summed E-state index contributed by atoms with van der Waals surface area (Å²) in [7, 11) is 0. The fourth-order valence-electron chi connectivity index (χ4n) is 5.83. The Labute approximate surface area is 263 Å². The van der Waals surface area contributed by atoms with Crippen molar-refractivity contribution in [1.82, 2.24) is 0 Å². The highest BCUT2D eigenvalue weighted by Gasteiger charge is 2.38. The third kappa shape index (κ3) is 6.88. The van der Waals surface area contributed by atoms with Gasteiger partial charge in [0.2, 0.25) is 5.91 Å². The molecule has 0 heterocycles. The highest BCUT2D eigenvalue weighted by Crippen LogP contribution is 2.33. The predicted octanol–water partition coefficient (Wildman–Crippen LogP) is 7.29. The van der Waals surface area contributed by atoms with Crippen molar-refractivity contribution in [2.45, 2.75) is 44.8 Å². The van der Waals surface area contributed by atoms with Crippen LogP contribution in [-0.4, -0.2) is 46.2 Å². The molecule has 0 aliphatic carbocycles. The second kappa shape index (κ2) is 13.9. The Morgan fingerprint density at radius 1 is 0.622 bits per heavy atom. The quantitative estimate of drug-likeness (QED) is 0.156. The first-order valence-corrected chi connectivity index (χ1v) is 15.0. The Balaban J connectivity index is 1.58. The fourth-order valence-corrected chi connectivity index (χ4v) is 5.83. The molecule has 7 nitrogen and oxygen atoms in total. The molecule has 0 fully saturated rings. The van der Waals surface area contributed by atoms with Gasteiger partial charge in [-0.05, 0) is 67.0 Å². The number of aliphatic carboxylic acids is 2. The molecule has 0 aromatic heterocycles. The standard InChI is InChI=1S/C38H36N2O5/c1-26(36(41)39(27(2)37(42)43)32-23-21-30(22-24-32)29-14-7-4-8-15-29)40(34-19-11-17-31-16-9-10-18-33(31)34)35(38(44)45)25-20-28-12-5-3-6-13-28/h3-19,21-24,26-27,35H,20,25H2,1-2H3,(H,42,43)(H,44,45)/t26-,27-,35-/m0/s1. The minimum absolute atomic E-state index is 0.237. The van der Waals surface area contributed by atoms with Gasteiger partial charge in [0.25, 0.3) is 0 Å². The van der Waals surface area contributed by atoms with Gasteiger partial charge in [0, 0.05) is 16.8 Å². The molecule has 5 aromatic carbocycles. The van der Waals surface area contributed by atoms with E-state index >= 15 is 0 Å². The summed E-state index contributed by atoms with van der Waals surface area (Å²) in [6, 6.07) is 36.5. The van der Waals surface area contributed by atoms with Crippen LogP contribution in [0.3, 0.4) is 0 Å². The number of rotatable bonds is 12. The molecular formula is C38H36N2O5. The van der Waals surface area contributed by atoms with Crippen LogP contribution in [0.4, 0.5) is 11.4 Å². The summed E-state index contributed by atoms with van der Waals surface area (Å²) in [5, 5.41) is 22.4. The lowest BCUT2D eigenvalue weighted by atomic mass is 9.99. The second-order valence-corrected chi connectivity index (χ2v) is 11.1. The predicted molar refractivity (Wildman–Crippen MR) is 179 cm³/mol. The van der Waals surface area contributed by atoms with Crippen LogP contribution in [0, 0.1) is 0 Å². The molecule has 0 saturated heterocycles. The van der Waals surface area contributed by atoms with Crippen molar-refractivity contribution in [2.75, 3.05) is 9.80 Å². The van der Waals surface area contributed by atoms with Crippen LogP contribution in [0.5, 0.6) is 0 Å². The van der Waals surface area contributed by atoms with Crippen LogP contribution >= 0.6 is 0 Å². The number of fused-ring (bicyclic) bond motifs is 1. The van der Waals surface area contributed by atoms with E-state index in [1.165, 1.54) is 11.8 Å². The number of anilines is 2. The SMILES string of the molecule is C[C@@H](C(=O)O)N(C(=O)[C@H](C)N(c1cccc2ccccc12)[C@@H](CCc1ccccc1)C(=O)O)c1ccc(-c2ccccc2)cc1. The van der Waals surface area contributed by atoms with Crippen LogP contribution in [0.2, 0.25) is 0 Å². The number of aryl methyl sites for hydroxylation is 1. The van der Waals surface area contributed by atoms with Crippen molar-refractivity contribution >= 4 is 40.0 Å². The van der Waals surface area contributed by atoms with Gasteiger partial charge in [-0.1, -0.05) is 109 Å². The maximum atomic E-state index is 14.5. The minimum atomic E-state index is -1.20. The van der Waals surface area contributed by atoms with Crippen LogP contribution in [0.1, 0.15) is 25.8 Å². The highest BCUT2D eigenvalue weighted by molar-refractivity contribution is 6.05. The van der Waals surface area contributed by atoms with Crippen LogP contribution in [-0.2, 0) is 20.8 Å². The summed E-state index contributed by atoms with van der Waals surface area (Å²) >= 11 is 0. The zero-order valence-corrected chi connectivity index (χ0v) is 25.3. The molecule has 0 saturated carbocycles. The van der Waals surface area contributed by atoms with Crippen molar-refractivity contribution < 1.29 is 24.6 Å². The number of carboxylic acids is 2. The molecule has 0 spiro atoms. The molecule has 7 heteroatoms. The van der Waals surface area contributed by atoms with Gasteiger partial charge in [-0.15, -0.1) is 0 Å².